The van der Waals surface area contributed by atoms with Crippen molar-refractivity contribution >= 4 is 35.4 Å². The van der Waals surface area contributed by atoms with Crippen LogP contribution < -0.4 is 5.32 Å². The number of allylic oxidation sites excluding steroid dienone is 2. The molecule has 32 heavy (non-hydrogen) atoms. The number of ether oxygens (including phenoxy) is 2. The largest absolute Gasteiger partial charge is 0.455 e. The fourth-order valence-corrected chi connectivity index (χ4v) is 4.35. The molecule has 0 aliphatic carbocycles. The maximum atomic E-state index is 13.1. The Kier molecular flexibility index (Phi) is 6.51. The Morgan fingerprint density at radius 1 is 1.16 bits per heavy atom. The summed E-state index contributed by atoms with van der Waals surface area (Å²) in [7, 11) is 0. The van der Waals surface area contributed by atoms with E-state index in [4.69, 9.17) is 9.47 Å². The highest BCUT2D eigenvalue weighted by molar-refractivity contribution is 7.10. The van der Waals surface area contributed by atoms with Crippen molar-refractivity contribution in [1.82, 2.24) is 15.2 Å². The predicted octanol–water partition coefficient (Wildman–Crippen LogP) is 3.96. The van der Waals surface area contributed by atoms with Crippen molar-refractivity contribution in [3.63, 3.8) is 0 Å². The van der Waals surface area contributed by atoms with Gasteiger partial charge < -0.3 is 14.8 Å². The summed E-state index contributed by atoms with van der Waals surface area (Å²) < 4.78 is 10.9. The van der Waals surface area contributed by atoms with Gasteiger partial charge in [0.2, 0.25) is 0 Å². The summed E-state index contributed by atoms with van der Waals surface area (Å²) in [5.74, 6) is -0.895. The topological polar surface area (TPSA) is 97.8 Å². The Morgan fingerprint density at radius 3 is 2.38 bits per heavy atom. The van der Waals surface area contributed by atoms with Crippen LogP contribution in [0.25, 0.3) is 6.08 Å². The van der Waals surface area contributed by atoms with Gasteiger partial charge in [0.25, 0.3) is 5.91 Å². The first kappa shape index (κ1) is 24.0. The van der Waals surface area contributed by atoms with Gasteiger partial charge in [0.15, 0.2) is 0 Å². The van der Waals surface area contributed by atoms with Crippen LogP contribution in [-0.2, 0) is 19.1 Å². The highest BCUT2D eigenvalue weighted by Crippen LogP contribution is 2.38. The van der Waals surface area contributed by atoms with Gasteiger partial charge in [-0.2, -0.15) is 0 Å². The number of thiazole rings is 1. The van der Waals surface area contributed by atoms with E-state index in [1.54, 1.807) is 47.1 Å². The van der Waals surface area contributed by atoms with Gasteiger partial charge in [-0.05, 0) is 73.0 Å². The molecule has 1 saturated heterocycles. The first-order valence-corrected chi connectivity index (χ1v) is 11.5. The summed E-state index contributed by atoms with van der Waals surface area (Å²) in [5.41, 5.74) is 2.26. The summed E-state index contributed by atoms with van der Waals surface area (Å²) in [4.78, 5) is 44.9. The Morgan fingerprint density at radius 2 is 1.81 bits per heavy atom. The summed E-state index contributed by atoms with van der Waals surface area (Å²) in [6, 6.07) is -1.05. The number of nitrogens with one attached hydrogen (secondary N) is 1. The van der Waals surface area contributed by atoms with Gasteiger partial charge in [0.05, 0.1) is 17.2 Å². The third-order valence-electron chi connectivity index (χ3n) is 4.96. The number of rotatable bonds is 4. The number of aromatic nitrogens is 1. The molecular weight excluding hydrogens is 430 g/mol. The zero-order valence-electron chi connectivity index (χ0n) is 19.6. The summed E-state index contributed by atoms with van der Waals surface area (Å²) in [5, 5.41) is 2.65. The number of amides is 2. The standard InChI is InChI=1S/C23H31N3O5S/c1-13-16(32-12-24-13)11-9-14-8-10-15-17(25-21(29)31-23(5,6)7)19(27)26(15)18(14)20(28)30-22(2,3)4/h9,11-12,15,17H,8,10H2,1-7H3,(H,25,29). The fourth-order valence-electron chi connectivity index (χ4n) is 3.65. The predicted molar refractivity (Wildman–Crippen MR) is 122 cm³/mol. The van der Waals surface area contributed by atoms with Crippen LogP contribution in [0, 0.1) is 6.92 Å². The molecule has 2 atom stereocenters. The average molecular weight is 462 g/mol. The van der Waals surface area contributed by atoms with Crippen molar-refractivity contribution in [2.24, 2.45) is 0 Å². The molecule has 2 aliphatic heterocycles. The molecule has 0 saturated carbocycles. The molecule has 9 heteroatoms. The van der Waals surface area contributed by atoms with Crippen molar-refractivity contribution in [2.45, 2.75) is 84.6 Å². The molecule has 1 fully saturated rings. The van der Waals surface area contributed by atoms with Gasteiger partial charge in [-0.1, -0.05) is 6.08 Å². The number of esters is 1. The molecule has 174 valence electrons. The second kappa shape index (κ2) is 8.69. The van der Waals surface area contributed by atoms with Gasteiger partial charge in [-0.25, -0.2) is 14.6 Å². The molecule has 0 bridgehead atoms. The summed E-state index contributed by atoms with van der Waals surface area (Å²) in [6.45, 7) is 12.5. The molecule has 2 aliphatic rings. The second-order valence-corrected chi connectivity index (χ2v) is 10.8. The Bertz CT molecular complexity index is 980. The minimum absolute atomic E-state index is 0.238. The third-order valence-corrected chi connectivity index (χ3v) is 5.85. The second-order valence-electron chi connectivity index (χ2n) is 9.95. The molecule has 3 rings (SSSR count). The van der Waals surface area contributed by atoms with E-state index in [0.29, 0.717) is 12.8 Å². The normalized spacial score (nSPS) is 21.3. The molecule has 0 aromatic carbocycles. The first-order valence-electron chi connectivity index (χ1n) is 10.6. The smallest absolute Gasteiger partial charge is 0.408 e. The first-order chi connectivity index (χ1) is 14.8. The van der Waals surface area contributed by atoms with E-state index in [1.807, 2.05) is 19.1 Å². The van der Waals surface area contributed by atoms with Crippen molar-refractivity contribution in [1.29, 1.82) is 0 Å². The maximum Gasteiger partial charge on any atom is 0.408 e. The average Bonchev–Trinajstić information content (AvgIpc) is 3.05. The zero-order chi connectivity index (χ0) is 23.8. The lowest BCUT2D eigenvalue weighted by Crippen LogP contribution is -2.72. The number of hydrogen-bond donors (Lipinski definition) is 1. The van der Waals surface area contributed by atoms with Gasteiger partial charge in [-0.15, -0.1) is 11.3 Å². The number of β-lactam (4-membered cyclic amide) rings is 1. The van der Waals surface area contributed by atoms with Gasteiger partial charge in [0, 0.05) is 4.88 Å². The van der Waals surface area contributed by atoms with Crippen LogP contribution >= 0.6 is 11.3 Å². The summed E-state index contributed by atoms with van der Waals surface area (Å²) >= 11 is 1.51. The third kappa shape index (κ3) is 5.38. The Hall–Kier alpha value is -2.68. The number of nitrogens with zero attached hydrogens (tertiary/aromatic N) is 2. The van der Waals surface area contributed by atoms with E-state index in [2.05, 4.69) is 10.3 Å². The van der Waals surface area contributed by atoms with Crippen molar-refractivity contribution in [3.8, 4) is 0 Å². The monoisotopic (exact) mass is 461 g/mol. The molecule has 3 heterocycles. The van der Waals surface area contributed by atoms with Gasteiger partial charge in [0.1, 0.15) is 22.9 Å². The van der Waals surface area contributed by atoms with Crippen LogP contribution in [0.15, 0.2) is 22.9 Å². The van der Waals surface area contributed by atoms with Gasteiger partial charge in [-0.3, -0.25) is 9.69 Å². The fraction of sp³-hybridized carbons (Fsp3) is 0.565. The quantitative estimate of drug-likeness (QED) is 0.538. The summed E-state index contributed by atoms with van der Waals surface area (Å²) in [6.07, 6.45) is 4.31. The molecule has 1 aromatic rings. The van der Waals surface area contributed by atoms with E-state index in [-0.39, 0.29) is 17.6 Å². The number of fused-ring (bicyclic) bond motifs is 1. The van der Waals surface area contributed by atoms with Crippen LogP contribution in [0.1, 0.15) is 65.0 Å². The highest BCUT2D eigenvalue weighted by Gasteiger charge is 2.54. The zero-order valence-corrected chi connectivity index (χ0v) is 20.5. The lowest BCUT2D eigenvalue weighted by molar-refractivity contribution is -0.161. The van der Waals surface area contributed by atoms with Crippen molar-refractivity contribution < 1.29 is 23.9 Å². The SMILES string of the molecule is Cc1ncsc1C=CC1=C(C(=O)OC(C)(C)C)N2C(=O)C(NC(=O)OC(C)(C)C)C2CC1. The van der Waals surface area contributed by atoms with E-state index < -0.39 is 29.3 Å². The number of carbonyl (C=O) groups excluding carboxylic acids is 3. The van der Waals surface area contributed by atoms with E-state index >= 15 is 0 Å². The number of carbonyl (C=O) groups is 3. The number of aryl methyl sites for hydroxylation is 1. The Balaban J connectivity index is 1.87. The molecular formula is C23H31N3O5S. The van der Waals surface area contributed by atoms with Crippen LogP contribution in [0.4, 0.5) is 4.79 Å². The van der Waals surface area contributed by atoms with Crippen LogP contribution in [-0.4, -0.2) is 51.1 Å². The highest BCUT2D eigenvalue weighted by atomic mass is 32.1. The molecule has 0 spiro atoms. The number of hydrogen-bond acceptors (Lipinski definition) is 7. The molecule has 8 nitrogen and oxygen atoms in total. The maximum absolute atomic E-state index is 13.1. The molecule has 2 unspecified atom stereocenters. The minimum Gasteiger partial charge on any atom is -0.455 e. The minimum atomic E-state index is -0.725. The lowest BCUT2D eigenvalue weighted by atomic mass is 9.83. The molecule has 1 N–H and O–H groups in total. The van der Waals surface area contributed by atoms with E-state index in [9.17, 15) is 14.4 Å². The lowest BCUT2D eigenvalue weighted by Gasteiger charge is -2.50. The Labute approximate surface area is 192 Å². The van der Waals surface area contributed by atoms with Crippen molar-refractivity contribution in [2.75, 3.05) is 0 Å². The van der Waals surface area contributed by atoms with Crippen molar-refractivity contribution in [3.05, 3.63) is 33.4 Å². The van der Waals surface area contributed by atoms with Gasteiger partial charge >= 0.3 is 12.1 Å². The van der Waals surface area contributed by atoms with Crippen LogP contribution in [0.5, 0.6) is 0 Å². The number of alkyl carbamates (subject to hydrolysis) is 1. The van der Waals surface area contributed by atoms with E-state index in [1.165, 1.54) is 16.2 Å². The molecule has 0 radical (unpaired) electrons. The van der Waals surface area contributed by atoms with E-state index in [0.717, 1.165) is 16.1 Å². The van der Waals surface area contributed by atoms with Crippen LogP contribution in [0.2, 0.25) is 0 Å². The van der Waals surface area contributed by atoms with Crippen LogP contribution in [0.3, 0.4) is 0 Å². The molecule has 2 amide bonds. The molecule has 1 aromatic heterocycles.